The van der Waals surface area contributed by atoms with Crippen LogP contribution < -0.4 is 10.7 Å². The van der Waals surface area contributed by atoms with E-state index in [4.69, 9.17) is 16.3 Å². The van der Waals surface area contributed by atoms with E-state index >= 15 is 0 Å². The second kappa shape index (κ2) is 10.8. The molecular formula is C25H27ClN4O3. The number of carbonyl (C=O) groups excluding carboxylic acids is 2. The van der Waals surface area contributed by atoms with Gasteiger partial charge in [0.05, 0.1) is 24.4 Å². The van der Waals surface area contributed by atoms with Crippen molar-refractivity contribution in [2.24, 2.45) is 5.10 Å². The van der Waals surface area contributed by atoms with Crippen LogP contribution in [0.1, 0.15) is 41.2 Å². The van der Waals surface area contributed by atoms with Crippen molar-refractivity contribution in [3.63, 3.8) is 0 Å². The van der Waals surface area contributed by atoms with Crippen LogP contribution in [0, 0.1) is 13.8 Å². The largest absolute Gasteiger partial charge is 0.459 e. The van der Waals surface area contributed by atoms with Crippen molar-refractivity contribution in [1.29, 1.82) is 0 Å². The Kier molecular flexibility index (Phi) is 7.90. The molecule has 7 nitrogen and oxygen atoms in total. The number of carbonyl (C=O) groups is 2. The summed E-state index contributed by atoms with van der Waals surface area (Å²) in [5, 5.41) is 7.72. The topological polar surface area (TPSA) is 84.7 Å². The summed E-state index contributed by atoms with van der Waals surface area (Å²) in [5.74, 6) is -0.627. The monoisotopic (exact) mass is 466 g/mol. The van der Waals surface area contributed by atoms with Crippen LogP contribution in [0.2, 0.25) is 5.02 Å². The average Bonchev–Trinajstić information content (AvgIpc) is 3.06. The zero-order valence-corrected chi connectivity index (χ0v) is 19.8. The fourth-order valence-electron chi connectivity index (χ4n) is 3.33. The van der Waals surface area contributed by atoms with E-state index in [-0.39, 0.29) is 24.5 Å². The molecule has 172 valence electrons. The first-order valence-electron chi connectivity index (χ1n) is 10.6. The summed E-state index contributed by atoms with van der Waals surface area (Å²) in [5.41, 5.74) is 7.41. The molecule has 0 aliphatic rings. The summed E-state index contributed by atoms with van der Waals surface area (Å²) < 4.78 is 7.33. The maximum absolute atomic E-state index is 12.3. The summed E-state index contributed by atoms with van der Waals surface area (Å²) in [6, 6.07) is 16.3. The third-order valence-electron chi connectivity index (χ3n) is 4.84. The molecule has 33 heavy (non-hydrogen) atoms. The van der Waals surface area contributed by atoms with Crippen LogP contribution in [0.25, 0.3) is 5.69 Å². The first-order chi connectivity index (χ1) is 15.7. The third kappa shape index (κ3) is 6.46. The van der Waals surface area contributed by atoms with E-state index < -0.39 is 0 Å². The van der Waals surface area contributed by atoms with Crippen LogP contribution in [0.3, 0.4) is 0 Å². The van der Waals surface area contributed by atoms with Crippen molar-refractivity contribution in [2.45, 2.75) is 33.8 Å². The van der Waals surface area contributed by atoms with Crippen molar-refractivity contribution in [3.8, 4) is 5.69 Å². The summed E-state index contributed by atoms with van der Waals surface area (Å²) in [6.07, 6.45) is 1.42. The van der Waals surface area contributed by atoms with Crippen LogP contribution in [-0.2, 0) is 9.53 Å². The maximum atomic E-state index is 12.3. The minimum Gasteiger partial charge on any atom is -0.459 e. The van der Waals surface area contributed by atoms with E-state index in [9.17, 15) is 9.59 Å². The van der Waals surface area contributed by atoms with Crippen LogP contribution in [0.5, 0.6) is 0 Å². The predicted octanol–water partition coefficient (Wildman–Crippen LogP) is 4.87. The number of ether oxygens (including phenoxy) is 1. The second-order valence-corrected chi connectivity index (χ2v) is 8.26. The lowest BCUT2D eigenvalue weighted by atomic mass is 10.2. The van der Waals surface area contributed by atoms with Crippen molar-refractivity contribution < 1.29 is 14.3 Å². The lowest BCUT2D eigenvalue weighted by molar-refractivity contribution is -0.119. The van der Waals surface area contributed by atoms with Gasteiger partial charge in [-0.3, -0.25) is 4.79 Å². The Hall–Kier alpha value is -3.58. The minimum atomic E-state index is -0.356. The summed E-state index contributed by atoms with van der Waals surface area (Å²) in [6.45, 7) is 7.65. The molecule has 2 N–H and O–H groups in total. The Morgan fingerprint density at radius 2 is 1.85 bits per heavy atom. The highest BCUT2D eigenvalue weighted by molar-refractivity contribution is 6.30. The maximum Gasteiger partial charge on any atom is 0.338 e. The Bertz CT molecular complexity index is 1170. The fraction of sp³-hybridized carbons (Fsp3) is 0.240. The third-order valence-corrected chi connectivity index (χ3v) is 5.10. The lowest BCUT2D eigenvalue weighted by Crippen LogP contribution is -2.25. The highest BCUT2D eigenvalue weighted by Gasteiger charge is 2.13. The molecule has 3 aromatic rings. The predicted molar refractivity (Wildman–Crippen MR) is 131 cm³/mol. The molecule has 0 aliphatic carbocycles. The van der Waals surface area contributed by atoms with Gasteiger partial charge in [0, 0.05) is 33.3 Å². The number of esters is 1. The van der Waals surface area contributed by atoms with Gasteiger partial charge in [-0.15, -0.1) is 0 Å². The Morgan fingerprint density at radius 3 is 2.55 bits per heavy atom. The van der Waals surface area contributed by atoms with Gasteiger partial charge in [-0.2, -0.15) is 5.10 Å². The molecular weight excluding hydrogens is 440 g/mol. The number of rotatable bonds is 8. The van der Waals surface area contributed by atoms with E-state index in [1.54, 1.807) is 42.6 Å². The molecule has 0 unspecified atom stereocenters. The molecule has 0 bridgehead atoms. The van der Waals surface area contributed by atoms with Crippen LogP contribution >= 0.6 is 11.6 Å². The smallest absolute Gasteiger partial charge is 0.338 e. The highest BCUT2D eigenvalue weighted by Crippen LogP contribution is 2.21. The van der Waals surface area contributed by atoms with Gasteiger partial charge in [0.15, 0.2) is 0 Å². The number of anilines is 1. The average molecular weight is 467 g/mol. The van der Waals surface area contributed by atoms with Crippen molar-refractivity contribution >= 4 is 35.4 Å². The van der Waals surface area contributed by atoms with Crippen molar-refractivity contribution in [3.05, 3.63) is 82.1 Å². The number of nitrogens with zero attached hydrogens (tertiary/aromatic N) is 2. The molecule has 0 atom stereocenters. The van der Waals surface area contributed by atoms with Gasteiger partial charge in [-0.25, -0.2) is 10.2 Å². The van der Waals surface area contributed by atoms with Crippen LogP contribution in [0.15, 0.2) is 59.7 Å². The molecule has 0 saturated heterocycles. The molecule has 8 heteroatoms. The van der Waals surface area contributed by atoms with Crippen molar-refractivity contribution in [2.75, 3.05) is 11.9 Å². The SMILES string of the molecule is Cc1cc(/C=N\NC(=O)CNc2ccc(Cl)cc2)c(C)n1-c1cccc(C(=O)OC(C)C)c1. The van der Waals surface area contributed by atoms with Gasteiger partial charge in [-0.1, -0.05) is 17.7 Å². The molecule has 1 heterocycles. The lowest BCUT2D eigenvalue weighted by Gasteiger charge is -2.12. The fourth-order valence-corrected chi connectivity index (χ4v) is 3.46. The van der Waals surface area contributed by atoms with Crippen LogP contribution in [0.4, 0.5) is 5.69 Å². The van der Waals surface area contributed by atoms with E-state index in [0.29, 0.717) is 10.6 Å². The number of aryl methyl sites for hydroxylation is 1. The normalized spacial score (nSPS) is 11.1. The summed E-state index contributed by atoms with van der Waals surface area (Å²) >= 11 is 5.86. The second-order valence-electron chi connectivity index (χ2n) is 7.82. The number of aromatic nitrogens is 1. The quantitative estimate of drug-likeness (QED) is 0.281. The zero-order valence-electron chi connectivity index (χ0n) is 19.1. The molecule has 3 rings (SSSR count). The molecule has 1 amide bonds. The van der Waals surface area contributed by atoms with E-state index in [0.717, 1.165) is 28.3 Å². The van der Waals surface area contributed by atoms with E-state index in [1.807, 2.05) is 50.5 Å². The van der Waals surface area contributed by atoms with E-state index in [1.165, 1.54) is 0 Å². The summed E-state index contributed by atoms with van der Waals surface area (Å²) in [4.78, 5) is 24.3. The molecule has 0 fully saturated rings. The van der Waals surface area contributed by atoms with Gasteiger partial charge in [0.25, 0.3) is 5.91 Å². The number of hydrazone groups is 1. The van der Waals surface area contributed by atoms with Gasteiger partial charge in [-0.05, 0) is 76.2 Å². The van der Waals surface area contributed by atoms with Gasteiger partial charge >= 0.3 is 5.97 Å². The van der Waals surface area contributed by atoms with Gasteiger partial charge < -0.3 is 14.6 Å². The number of halogens is 1. The molecule has 2 aromatic carbocycles. The van der Waals surface area contributed by atoms with Crippen molar-refractivity contribution in [1.82, 2.24) is 9.99 Å². The molecule has 0 saturated carbocycles. The standard InChI is InChI=1S/C25H27ClN4O3/c1-16(2)33-25(32)19-6-5-7-23(13-19)30-17(3)12-20(18(30)4)14-28-29-24(31)15-27-22-10-8-21(26)9-11-22/h5-14,16,27H,15H2,1-4H3,(H,29,31)/b28-14-. The molecule has 0 aliphatic heterocycles. The number of hydrogen-bond donors (Lipinski definition) is 2. The van der Waals surface area contributed by atoms with Gasteiger partial charge in [0.1, 0.15) is 0 Å². The Balaban J connectivity index is 1.66. The first kappa shape index (κ1) is 24.1. The molecule has 0 spiro atoms. The highest BCUT2D eigenvalue weighted by atomic mass is 35.5. The minimum absolute atomic E-state index is 0.0806. The molecule has 0 radical (unpaired) electrons. The number of benzene rings is 2. The number of hydrogen-bond acceptors (Lipinski definition) is 5. The zero-order chi connectivity index (χ0) is 24.0. The molecule has 1 aromatic heterocycles. The first-order valence-corrected chi connectivity index (χ1v) is 10.9. The summed E-state index contributed by atoms with van der Waals surface area (Å²) in [7, 11) is 0. The number of amides is 1. The Morgan fingerprint density at radius 1 is 1.12 bits per heavy atom. The van der Waals surface area contributed by atoms with Crippen LogP contribution in [-0.4, -0.2) is 35.3 Å². The Labute approximate surface area is 198 Å². The van der Waals surface area contributed by atoms with Gasteiger partial charge in [0.2, 0.25) is 0 Å². The van der Waals surface area contributed by atoms with E-state index in [2.05, 4.69) is 15.8 Å². The number of nitrogens with one attached hydrogen (secondary N) is 2.